The van der Waals surface area contributed by atoms with Crippen molar-refractivity contribution in [2.45, 2.75) is 6.92 Å². The number of rotatable bonds is 2. The number of urea groups is 1. The van der Waals surface area contributed by atoms with Crippen LogP contribution in [0.3, 0.4) is 0 Å². The summed E-state index contributed by atoms with van der Waals surface area (Å²) in [5, 5.41) is 8.76. The van der Waals surface area contributed by atoms with Gasteiger partial charge in [-0.2, -0.15) is 5.10 Å². The summed E-state index contributed by atoms with van der Waals surface area (Å²) in [4.78, 5) is 27.2. The summed E-state index contributed by atoms with van der Waals surface area (Å²) in [5.41, 5.74) is 2.12. The molecule has 2 amide bonds. The minimum Gasteiger partial charge on any atom is -0.368 e. The Hall–Kier alpha value is -2.83. The molecule has 0 radical (unpaired) electrons. The molecule has 120 valence electrons. The van der Waals surface area contributed by atoms with Gasteiger partial charge in [0.05, 0.1) is 0 Å². The number of aryl methyl sites for hydroxylation is 1. The number of anilines is 2. The van der Waals surface area contributed by atoms with E-state index in [1.165, 1.54) is 23.4 Å². The molecule has 1 aromatic carbocycles. The van der Waals surface area contributed by atoms with E-state index in [4.69, 9.17) is 0 Å². The number of nitrogens with one attached hydrogen (secondary N) is 2. The number of hydrogen-bond donors (Lipinski definition) is 2. The van der Waals surface area contributed by atoms with Crippen molar-refractivity contribution in [2.75, 3.05) is 36.4 Å². The molecule has 0 bridgehead atoms. The number of aromatic amines is 1. The molecule has 0 spiro atoms. The molecule has 1 saturated heterocycles. The quantitative estimate of drug-likeness (QED) is 0.879. The number of amides is 2. The maximum Gasteiger partial charge on any atom is 0.323 e. The number of aromatic nitrogens is 2. The average Bonchev–Trinajstić information content (AvgIpc) is 2.57. The second kappa shape index (κ2) is 6.51. The van der Waals surface area contributed by atoms with Crippen LogP contribution in [0.25, 0.3) is 0 Å². The van der Waals surface area contributed by atoms with Crippen LogP contribution in [0.5, 0.6) is 0 Å². The maximum atomic E-state index is 12.2. The molecule has 1 aromatic heterocycles. The first-order valence-corrected chi connectivity index (χ1v) is 7.55. The number of hydrogen-bond acceptors (Lipinski definition) is 4. The lowest BCUT2D eigenvalue weighted by Crippen LogP contribution is -2.50. The molecule has 2 aromatic rings. The molecular formula is C16H19N5O2. The van der Waals surface area contributed by atoms with Crippen LogP contribution in [0.2, 0.25) is 0 Å². The largest absolute Gasteiger partial charge is 0.368 e. The monoisotopic (exact) mass is 313 g/mol. The molecule has 1 aliphatic heterocycles. The summed E-state index contributed by atoms with van der Waals surface area (Å²) in [6.45, 7) is 4.93. The lowest BCUT2D eigenvalue weighted by molar-refractivity contribution is 0.208. The fourth-order valence-corrected chi connectivity index (χ4v) is 2.60. The van der Waals surface area contributed by atoms with Crippen molar-refractivity contribution in [1.29, 1.82) is 0 Å². The van der Waals surface area contributed by atoms with Gasteiger partial charge in [-0.05, 0) is 30.7 Å². The zero-order chi connectivity index (χ0) is 16.2. The third-order valence-corrected chi connectivity index (χ3v) is 3.85. The van der Waals surface area contributed by atoms with Gasteiger partial charge in [0.15, 0.2) is 5.82 Å². The molecule has 7 heteroatoms. The Morgan fingerprint density at radius 1 is 1.17 bits per heavy atom. The molecule has 2 heterocycles. The van der Waals surface area contributed by atoms with Gasteiger partial charge in [-0.3, -0.25) is 10.1 Å². The Balaban J connectivity index is 1.57. The number of nitrogens with zero attached hydrogens (tertiary/aromatic N) is 3. The summed E-state index contributed by atoms with van der Waals surface area (Å²) in [7, 11) is 0. The summed E-state index contributed by atoms with van der Waals surface area (Å²) < 4.78 is 0. The molecule has 0 atom stereocenters. The first kappa shape index (κ1) is 15.1. The van der Waals surface area contributed by atoms with Gasteiger partial charge >= 0.3 is 6.03 Å². The van der Waals surface area contributed by atoms with Crippen molar-refractivity contribution in [3.8, 4) is 0 Å². The van der Waals surface area contributed by atoms with Crippen LogP contribution in [-0.4, -0.2) is 47.3 Å². The van der Waals surface area contributed by atoms with Gasteiger partial charge in [0.1, 0.15) is 0 Å². The Bertz CT molecular complexity index is 730. The highest BCUT2D eigenvalue weighted by Crippen LogP contribution is 2.18. The minimum absolute atomic E-state index is 0.201. The normalized spacial score (nSPS) is 14.7. The van der Waals surface area contributed by atoms with Crippen LogP contribution < -0.4 is 15.8 Å². The van der Waals surface area contributed by atoms with Crippen molar-refractivity contribution in [1.82, 2.24) is 15.1 Å². The van der Waals surface area contributed by atoms with Crippen molar-refractivity contribution in [3.63, 3.8) is 0 Å². The van der Waals surface area contributed by atoms with E-state index in [1.807, 2.05) is 6.07 Å². The van der Waals surface area contributed by atoms with Crippen LogP contribution in [0.15, 0.2) is 41.2 Å². The van der Waals surface area contributed by atoms with Gasteiger partial charge in [0.25, 0.3) is 5.56 Å². The SMILES string of the molecule is Cc1cccc(N2CCN(C(=O)Nc3ccc(=O)[nH]n3)CC2)c1. The first-order valence-electron chi connectivity index (χ1n) is 7.55. The third-order valence-electron chi connectivity index (χ3n) is 3.85. The van der Waals surface area contributed by atoms with Crippen molar-refractivity contribution in [3.05, 3.63) is 52.3 Å². The number of piperazine rings is 1. The number of carbonyl (C=O) groups is 1. The summed E-state index contributed by atoms with van der Waals surface area (Å²) >= 11 is 0. The van der Waals surface area contributed by atoms with E-state index in [9.17, 15) is 9.59 Å². The molecule has 1 fully saturated rings. The van der Waals surface area contributed by atoms with E-state index in [1.54, 1.807) is 4.90 Å². The van der Waals surface area contributed by atoms with Crippen LogP contribution in [0, 0.1) is 6.92 Å². The van der Waals surface area contributed by atoms with Gasteiger partial charge in [0, 0.05) is 37.9 Å². The Labute approximate surface area is 133 Å². The zero-order valence-electron chi connectivity index (χ0n) is 13.0. The van der Waals surface area contributed by atoms with Crippen LogP contribution in [-0.2, 0) is 0 Å². The van der Waals surface area contributed by atoms with Gasteiger partial charge in [0.2, 0.25) is 0 Å². The molecule has 1 aliphatic rings. The standard InChI is InChI=1S/C16H19N5O2/c1-12-3-2-4-13(11-12)20-7-9-21(10-8-20)16(23)17-14-5-6-15(22)19-18-14/h2-6,11H,7-10H2,1H3,(H,19,22)(H,17,18,23). The predicted octanol–water partition coefficient (Wildman–Crippen LogP) is 1.43. The van der Waals surface area contributed by atoms with Gasteiger partial charge in [-0.25, -0.2) is 9.89 Å². The van der Waals surface area contributed by atoms with Crippen molar-refractivity contribution in [2.24, 2.45) is 0 Å². The van der Waals surface area contributed by atoms with Gasteiger partial charge in [-0.15, -0.1) is 0 Å². The summed E-state index contributed by atoms with van der Waals surface area (Å²) in [6, 6.07) is 11.0. The van der Waals surface area contributed by atoms with Crippen molar-refractivity contribution >= 4 is 17.5 Å². The van der Waals surface area contributed by atoms with Crippen LogP contribution in [0.1, 0.15) is 5.56 Å². The minimum atomic E-state index is -0.297. The Morgan fingerprint density at radius 2 is 1.96 bits per heavy atom. The van der Waals surface area contributed by atoms with E-state index >= 15 is 0 Å². The summed E-state index contributed by atoms with van der Waals surface area (Å²) in [5.74, 6) is 0.343. The molecule has 7 nitrogen and oxygen atoms in total. The Morgan fingerprint density at radius 3 is 2.61 bits per heavy atom. The molecule has 0 aliphatic carbocycles. The predicted molar refractivity (Wildman–Crippen MR) is 88.8 cm³/mol. The fourth-order valence-electron chi connectivity index (χ4n) is 2.60. The molecule has 0 unspecified atom stereocenters. The lowest BCUT2D eigenvalue weighted by atomic mass is 10.2. The number of carbonyl (C=O) groups excluding carboxylic acids is 1. The molecule has 2 N–H and O–H groups in total. The second-order valence-corrected chi connectivity index (χ2v) is 5.55. The van der Waals surface area contributed by atoms with Crippen LogP contribution in [0.4, 0.5) is 16.3 Å². The average molecular weight is 313 g/mol. The zero-order valence-corrected chi connectivity index (χ0v) is 13.0. The molecular weight excluding hydrogens is 294 g/mol. The fraction of sp³-hybridized carbons (Fsp3) is 0.312. The van der Waals surface area contributed by atoms with E-state index in [0.717, 1.165) is 13.1 Å². The lowest BCUT2D eigenvalue weighted by Gasteiger charge is -2.36. The highest BCUT2D eigenvalue weighted by atomic mass is 16.2. The van der Waals surface area contributed by atoms with E-state index in [-0.39, 0.29) is 11.6 Å². The van der Waals surface area contributed by atoms with E-state index in [0.29, 0.717) is 18.9 Å². The maximum absolute atomic E-state index is 12.2. The van der Waals surface area contributed by atoms with Crippen LogP contribution >= 0.6 is 0 Å². The van der Waals surface area contributed by atoms with Crippen molar-refractivity contribution < 1.29 is 4.79 Å². The first-order chi connectivity index (χ1) is 11.1. The summed E-state index contributed by atoms with van der Waals surface area (Å²) in [6.07, 6.45) is 0. The number of benzene rings is 1. The third kappa shape index (κ3) is 3.68. The second-order valence-electron chi connectivity index (χ2n) is 5.55. The highest BCUT2D eigenvalue weighted by Gasteiger charge is 2.21. The smallest absolute Gasteiger partial charge is 0.323 e. The molecule has 3 rings (SSSR count). The number of H-pyrrole nitrogens is 1. The molecule has 23 heavy (non-hydrogen) atoms. The van der Waals surface area contributed by atoms with E-state index in [2.05, 4.69) is 45.5 Å². The van der Waals surface area contributed by atoms with E-state index < -0.39 is 0 Å². The molecule has 0 saturated carbocycles. The highest BCUT2D eigenvalue weighted by molar-refractivity contribution is 5.88. The van der Waals surface area contributed by atoms with Gasteiger partial charge in [-0.1, -0.05) is 12.1 Å². The Kier molecular flexibility index (Phi) is 4.27. The van der Waals surface area contributed by atoms with Gasteiger partial charge < -0.3 is 9.80 Å². The topological polar surface area (TPSA) is 81.3 Å².